The second-order valence-electron chi connectivity index (χ2n) is 5.35. The van der Waals surface area contributed by atoms with E-state index in [9.17, 15) is 4.79 Å². The molecule has 2 bridgehead atoms. The van der Waals surface area contributed by atoms with Gasteiger partial charge in [-0.3, -0.25) is 4.79 Å². The number of benzene rings is 1. The maximum atomic E-state index is 11.7. The van der Waals surface area contributed by atoms with Crippen LogP contribution in [0.2, 0.25) is 0 Å². The standard InChI is InChI=1S/C15H15N3O4/c19-12-6-13(14-9-21-15(12)22-14)20-8-10-7-18(17-16-10)11-4-2-1-3-5-11/h1-5,7,13-15H,6,8-9H2/t13-,14+,15+/m0/s1. The Hall–Kier alpha value is -2.09. The van der Waals surface area contributed by atoms with Crippen LogP contribution in [0, 0.1) is 0 Å². The Morgan fingerprint density at radius 2 is 2.18 bits per heavy atom. The summed E-state index contributed by atoms with van der Waals surface area (Å²) in [5, 5.41) is 8.16. The molecule has 0 radical (unpaired) electrons. The van der Waals surface area contributed by atoms with E-state index in [0.717, 1.165) is 5.69 Å². The van der Waals surface area contributed by atoms with Gasteiger partial charge in [-0.15, -0.1) is 5.10 Å². The molecule has 0 spiro atoms. The van der Waals surface area contributed by atoms with Crippen molar-refractivity contribution in [3.63, 3.8) is 0 Å². The first kappa shape index (κ1) is 13.6. The van der Waals surface area contributed by atoms with Gasteiger partial charge in [0.05, 0.1) is 31.2 Å². The van der Waals surface area contributed by atoms with Gasteiger partial charge in [0.15, 0.2) is 5.78 Å². The van der Waals surface area contributed by atoms with E-state index in [4.69, 9.17) is 14.2 Å². The minimum Gasteiger partial charge on any atom is -0.369 e. The molecule has 2 aliphatic heterocycles. The molecule has 2 fully saturated rings. The highest BCUT2D eigenvalue weighted by atomic mass is 16.7. The summed E-state index contributed by atoms with van der Waals surface area (Å²) in [5.74, 6) is -0.0633. The Morgan fingerprint density at radius 1 is 1.32 bits per heavy atom. The van der Waals surface area contributed by atoms with E-state index in [1.54, 1.807) is 4.68 Å². The van der Waals surface area contributed by atoms with Gasteiger partial charge in [-0.05, 0) is 12.1 Å². The van der Waals surface area contributed by atoms with Crippen LogP contribution in [0.25, 0.3) is 5.69 Å². The first-order chi connectivity index (χ1) is 10.8. The van der Waals surface area contributed by atoms with Gasteiger partial charge in [-0.2, -0.15) is 0 Å². The smallest absolute Gasteiger partial charge is 0.218 e. The lowest BCUT2D eigenvalue weighted by atomic mass is 10.1. The van der Waals surface area contributed by atoms with Crippen molar-refractivity contribution in [1.82, 2.24) is 15.0 Å². The van der Waals surface area contributed by atoms with Crippen LogP contribution < -0.4 is 0 Å². The Kier molecular flexibility index (Phi) is 3.45. The SMILES string of the molecule is O=C1C[C@H](OCc2cn(-c3ccccc3)nn2)[C@H]2CO[C@@H]1O2. The molecular weight excluding hydrogens is 286 g/mol. The number of nitrogens with zero attached hydrogens (tertiary/aromatic N) is 3. The molecule has 7 heteroatoms. The number of fused-ring (bicyclic) bond motifs is 2. The van der Waals surface area contributed by atoms with Crippen molar-refractivity contribution >= 4 is 5.78 Å². The number of carbonyl (C=O) groups is 1. The average molecular weight is 301 g/mol. The molecule has 0 N–H and O–H groups in total. The van der Waals surface area contributed by atoms with Gasteiger partial charge in [-0.1, -0.05) is 23.4 Å². The van der Waals surface area contributed by atoms with E-state index < -0.39 is 6.29 Å². The zero-order valence-electron chi connectivity index (χ0n) is 11.8. The largest absolute Gasteiger partial charge is 0.369 e. The van der Waals surface area contributed by atoms with Gasteiger partial charge < -0.3 is 14.2 Å². The molecule has 1 aromatic carbocycles. The summed E-state index contributed by atoms with van der Waals surface area (Å²) in [7, 11) is 0. The predicted octanol–water partition coefficient (Wildman–Crippen LogP) is 0.867. The number of carbonyl (C=O) groups excluding carboxylic acids is 1. The number of rotatable bonds is 4. The summed E-state index contributed by atoms with van der Waals surface area (Å²) in [6.45, 7) is 0.688. The van der Waals surface area contributed by atoms with Crippen LogP contribution in [0.3, 0.4) is 0 Å². The topological polar surface area (TPSA) is 75.5 Å². The number of para-hydroxylation sites is 1. The first-order valence-corrected chi connectivity index (χ1v) is 7.17. The van der Waals surface area contributed by atoms with Crippen LogP contribution in [-0.4, -0.2) is 45.9 Å². The third kappa shape index (κ3) is 2.54. The van der Waals surface area contributed by atoms with Crippen LogP contribution in [0.15, 0.2) is 36.5 Å². The maximum Gasteiger partial charge on any atom is 0.218 e. The molecule has 2 aromatic rings. The number of Topliss-reactive ketones (excluding diaryl/α,β-unsaturated/α-hetero) is 1. The highest BCUT2D eigenvalue weighted by Gasteiger charge is 2.43. The van der Waals surface area contributed by atoms with Crippen molar-refractivity contribution in [2.75, 3.05) is 6.61 Å². The molecule has 2 saturated heterocycles. The molecule has 22 heavy (non-hydrogen) atoms. The molecule has 0 amide bonds. The molecule has 4 rings (SSSR count). The molecule has 2 aliphatic rings. The van der Waals surface area contributed by atoms with Gasteiger partial charge in [-0.25, -0.2) is 4.68 Å². The summed E-state index contributed by atoms with van der Waals surface area (Å²) in [5.41, 5.74) is 1.64. The number of ketones is 1. The molecule has 3 atom stereocenters. The van der Waals surface area contributed by atoms with Gasteiger partial charge in [0.2, 0.25) is 6.29 Å². The van der Waals surface area contributed by atoms with E-state index in [1.807, 2.05) is 36.5 Å². The zero-order chi connectivity index (χ0) is 14.9. The minimum atomic E-state index is -0.691. The number of hydrogen-bond donors (Lipinski definition) is 0. The lowest BCUT2D eigenvalue weighted by Gasteiger charge is -2.25. The summed E-state index contributed by atoms with van der Waals surface area (Å²) in [6, 6.07) is 9.72. The fourth-order valence-corrected chi connectivity index (χ4v) is 2.64. The fraction of sp³-hybridized carbons (Fsp3) is 0.400. The highest BCUT2D eigenvalue weighted by Crippen LogP contribution is 2.27. The molecule has 0 saturated carbocycles. The van der Waals surface area contributed by atoms with E-state index in [2.05, 4.69) is 10.3 Å². The third-order valence-electron chi connectivity index (χ3n) is 3.80. The predicted molar refractivity (Wildman–Crippen MR) is 74.2 cm³/mol. The number of aromatic nitrogens is 3. The monoisotopic (exact) mass is 301 g/mol. The van der Waals surface area contributed by atoms with E-state index in [-0.39, 0.29) is 24.6 Å². The average Bonchev–Trinajstić information content (AvgIpc) is 3.19. The Morgan fingerprint density at radius 3 is 3.05 bits per heavy atom. The summed E-state index contributed by atoms with van der Waals surface area (Å²) in [4.78, 5) is 11.7. The Labute approximate surface area is 126 Å². The second-order valence-corrected chi connectivity index (χ2v) is 5.35. The molecular formula is C15H15N3O4. The molecule has 7 nitrogen and oxygen atoms in total. The van der Waals surface area contributed by atoms with Crippen molar-refractivity contribution in [3.8, 4) is 5.69 Å². The number of ether oxygens (including phenoxy) is 3. The highest BCUT2D eigenvalue weighted by molar-refractivity contribution is 5.83. The minimum absolute atomic E-state index is 0.0633. The van der Waals surface area contributed by atoms with E-state index in [0.29, 0.717) is 18.7 Å². The van der Waals surface area contributed by atoms with Gasteiger partial charge >= 0.3 is 0 Å². The summed E-state index contributed by atoms with van der Waals surface area (Å²) < 4.78 is 18.2. The van der Waals surface area contributed by atoms with Crippen molar-refractivity contribution in [2.45, 2.75) is 31.5 Å². The normalized spacial score (nSPS) is 27.3. The first-order valence-electron chi connectivity index (χ1n) is 7.17. The zero-order valence-corrected chi connectivity index (χ0v) is 11.8. The van der Waals surface area contributed by atoms with Crippen LogP contribution >= 0.6 is 0 Å². The van der Waals surface area contributed by atoms with Crippen molar-refractivity contribution in [2.24, 2.45) is 0 Å². The molecule has 1 aromatic heterocycles. The summed E-state index contributed by atoms with van der Waals surface area (Å²) in [6.07, 6.45) is 0.987. The van der Waals surface area contributed by atoms with Crippen LogP contribution in [0.5, 0.6) is 0 Å². The van der Waals surface area contributed by atoms with Crippen molar-refractivity contribution in [3.05, 3.63) is 42.2 Å². The molecule has 114 valence electrons. The van der Waals surface area contributed by atoms with Crippen LogP contribution in [0.1, 0.15) is 12.1 Å². The Bertz CT molecular complexity index is 672. The van der Waals surface area contributed by atoms with Crippen molar-refractivity contribution in [1.29, 1.82) is 0 Å². The van der Waals surface area contributed by atoms with Gasteiger partial charge in [0.1, 0.15) is 11.8 Å². The molecule has 0 aliphatic carbocycles. The lowest BCUT2D eigenvalue weighted by Crippen LogP contribution is -2.40. The summed E-state index contributed by atoms with van der Waals surface area (Å²) >= 11 is 0. The van der Waals surface area contributed by atoms with Gasteiger partial charge in [0.25, 0.3) is 0 Å². The van der Waals surface area contributed by atoms with E-state index in [1.165, 1.54) is 0 Å². The second kappa shape index (κ2) is 5.60. The maximum absolute atomic E-state index is 11.7. The van der Waals surface area contributed by atoms with Crippen LogP contribution in [0.4, 0.5) is 0 Å². The third-order valence-corrected chi connectivity index (χ3v) is 3.80. The number of hydrogen-bond acceptors (Lipinski definition) is 6. The quantitative estimate of drug-likeness (QED) is 0.834. The van der Waals surface area contributed by atoms with Crippen molar-refractivity contribution < 1.29 is 19.0 Å². The Balaban J connectivity index is 1.40. The molecule has 0 unspecified atom stereocenters. The molecule has 3 heterocycles. The lowest BCUT2D eigenvalue weighted by molar-refractivity contribution is -0.168. The van der Waals surface area contributed by atoms with Gasteiger partial charge in [0, 0.05) is 6.42 Å². The van der Waals surface area contributed by atoms with E-state index >= 15 is 0 Å². The van der Waals surface area contributed by atoms with Crippen LogP contribution in [-0.2, 0) is 25.6 Å². The fourth-order valence-electron chi connectivity index (χ4n) is 2.64.